The van der Waals surface area contributed by atoms with Crippen molar-refractivity contribution in [1.82, 2.24) is 0 Å². The van der Waals surface area contributed by atoms with Gasteiger partial charge in [0.2, 0.25) is 0 Å². The lowest BCUT2D eigenvalue weighted by Crippen LogP contribution is -2.31. The van der Waals surface area contributed by atoms with Gasteiger partial charge in [-0.05, 0) is 49.7 Å². The Morgan fingerprint density at radius 1 is 1.20 bits per heavy atom. The minimum absolute atomic E-state index is 0.0867. The summed E-state index contributed by atoms with van der Waals surface area (Å²) in [6.07, 6.45) is 0. The number of carbonyl (C=O) groups is 1. The second-order valence-corrected chi connectivity index (χ2v) is 4.58. The molecular formula is C16H17FN2O. The van der Waals surface area contributed by atoms with Gasteiger partial charge in [-0.1, -0.05) is 12.1 Å². The molecule has 0 radical (unpaired) electrons. The van der Waals surface area contributed by atoms with Gasteiger partial charge in [-0.25, -0.2) is 4.39 Å². The van der Waals surface area contributed by atoms with Crippen LogP contribution >= 0.6 is 0 Å². The highest BCUT2D eigenvalue weighted by Crippen LogP contribution is 2.21. The number of carbonyl (C=O) groups excluding carboxylic acids is 1. The molecule has 0 saturated carbocycles. The highest BCUT2D eigenvalue weighted by Gasteiger charge is 2.20. The van der Waals surface area contributed by atoms with Crippen LogP contribution in [0.1, 0.15) is 22.8 Å². The molecule has 0 aromatic heterocycles. The number of halogens is 1. The number of hydrogen-bond acceptors (Lipinski definition) is 2. The third-order valence-electron chi connectivity index (χ3n) is 3.19. The van der Waals surface area contributed by atoms with E-state index in [2.05, 4.69) is 0 Å². The Bertz CT molecular complexity index is 623. The van der Waals surface area contributed by atoms with E-state index in [4.69, 9.17) is 5.73 Å². The number of benzene rings is 2. The van der Waals surface area contributed by atoms with Crippen LogP contribution < -0.4 is 10.6 Å². The molecule has 1 amide bonds. The van der Waals surface area contributed by atoms with E-state index in [-0.39, 0.29) is 11.5 Å². The SMILES string of the molecule is CCN(C(=O)c1cccc(C)c1F)c1ccc(N)cc1. The van der Waals surface area contributed by atoms with Crippen molar-refractivity contribution in [3.05, 3.63) is 59.4 Å². The fourth-order valence-corrected chi connectivity index (χ4v) is 2.06. The molecule has 0 spiro atoms. The molecule has 0 heterocycles. The van der Waals surface area contributed by atoms with Crippen molar-refractivity contribution >= 4 is 17.3 Å². The molecule has 0 fully saturated rings. The summed E-state index contributed by atoms with van der Waals surface area (Å²) in [5, 5.41) is 0. The van der Waals surface area contributed by atoms with Crippen LogP contribution in [0.4, 0.5) is 15.8 Å². The van der Waals surface area contributed by atoms with E-state index < -0.39 is 5.82 Å². The Hall–Kier alpha value is -2.36. The molecule has 3 nitrogen and oxygen atoms in total. The normalized spacial score (nSPS) is 10.3. The first-order chi connectivity index (χ1) is 9.54. The van der Waals surface area contributed by atoms with Crippen LogP contribution in [-0.2, 0) is 0 Å². The highest BCUT2D eigenvalue weighted by molar-refractivity contribution is 6.06. The Labute approximate surface area is 117 Å². The van der Waals surface area contributed by atoms with Crippen molar-refractivity contribution in [1.29, 1.82) is 0 Å². The molecule has 0 aliphatic rings. The molecule has 4 heteroatoms. The van der Waals surface area contributed by atoms with Crippen LogP contribution in [0.15, 0.2) is 42.5 Å². The Kier molecular flexibility index (Phi) is 4.03. The second kappa shape index (κ2) is 5.74. The maximum Gasteiger partial charge on any atom is 0.261 e. The predicted octanol–water partition coefficient (Wildman–Crippen LogP) is 3.38. The molecule has 2 N–H and O–H groups in total. The summed E-state index contributed by atoms with van der Waals surface area (Å²) in [7, 11) is 0. The van der Waals surface area contributed by atoms with Gasteiger partial charge in [0.05, 0.1) is 5.56 Å². The lowest BCUT2D eigenvalue weighted by molar-refractivity contribution is 0.0984. The molecule has 0 atom stereocenters. The van der Waals surface area contributed by atoms with Crippen molar-refractivity contribution in [3.8, 4) is 0 Å². The Balaban J connectivity index is 2.39. The van der Waals surface area contributed by atoms with Gasteiger partial charge in [0.1, 0.15) is 5.82 Å². The van der Waals surface area contributed by atoms with Crippen molar-refractivity contribution in [3.63, 3.8) is 0 Å². The summed E-state index contributed by atoms with van der Waals surface area (Å²) in [6, 6.07) is 11.8. The predicted molar refractivity (Wildman–Crippen MR) is 79.3 cm³/mol. The van der Waals surface area contributed by atoms with E-state index in [9.17, 15) is 9.18 Å². The lowest BCUT2D eigenvalue weighted by Gasteiger charge is -2.21. The monoisotopic (exact) mass is 272 g/mol. The summed E-state index contributed by atoms with van der Waals surface area (Å²) < 4.78 is 14.1. The average molecular weight is 272 g/mol. The molecule has 0 bridgehead atoms. The van der Waals surface area contributed by atoms with E-state index >= 15 is 0 Å². The molecule has 20 heavy (non-hydrogen) atoms. The number of hydrogen-bond donors (Lipinski definition) is 1. The van der Waals surface area contributed by atoms with Gasteiger partial charge in [-0.2, -0.15) is 0 Å². The molecule has 0 aliphatic heterocycles. The molecular weight excluding hydrogens is 255 g/mol. The minimum Gasteiger partial charge on any atom is -0.399 e. The molecule has 0 saturated heterocycles. The summed E-state index contributed by atoms with van der Waals surface area (Å²) in [5.74, 6) is -0.815. The smallest absolute Gasteiger partial charge is 0.261 e. The quantitative estimate of drug-likeness (QED) is 0.871. The number of aryl methyl sites for hydroxylation is 1. The number of rotatable bonds is 3. The number of nitrogens with zero attached hydrogens (tertiary/aromatic N) is 1. The standard InChI is InChI=1S/C16H17FN2O/c1-3-19(13-9-7-12(18)8-10-13)16(20)14-6-4-5-11(2)15(14)17/h4-10H,3,18H2,1-2H3. The molecule has 2 aromatic rings. The number of nitrogen functional groups attached to an aromatic ring is 1. The average Bonchev–Trinajstić information content (AvgIpc) is 2.44. The summed E-state index contributed by atoms with van der Waals surface area (Å²) in [6.45, 7) is 3.95. The Morgan fingerprint density at radius 2 is 1.85 bits per heavy atom. The molecule has 2 rings (SSSR count). The summed E-state index contributed by atoms with van der Waals surface area (Å²) in [5.41, 5.74) is 7.51. The largest absolute Gasteiger partial charge is 0.399 e. The lowest BCUT2D eigenvalue weighted by atomic mass is 10.1. The maximum atomic E-state index is 14.1. The van der Waals surface area contributed by atoms with Crippen LogP contribution in [0, 0.1) is 12.7 Å². The van der Waals surface area contributed by atoms with E-state index in [0.29, 0.717) is 23.5 Å². The van der Waals surface area contributed by atoms with Crippen molar-refractivity contribution in [2.24, 2.45) is 0 Å². The van der Waals surface area contributed by atoms with E-state index in [1.165, 1.54) is 11.0 Å². The van der Waals surface area contributed by atoms with Gasteiger partial charge in [0.25, 0.3) is 5.91 Å². The summed E-state index contributed by atoms with van der Waals surface area (Å²) >= 11 is 0. The first-order valence-electron chi connectivity index (χ1n) is 6.47. The van der Waals surface area contributed by atoms with Crippen LogP contribution in [0.5, 0.6) is 0 Å². The first-order valence-corrected chi connectivity index (χ1v) is 6.47. The van der Waals surface area contributed by atoms with Crippen LogP contribution in [0.3, 0.4) is 0 Å². The molecule has 2 aromatic carbocycles. The van der Waals surface area contributed by atoms with Crippen LogP contribution in [0.2, 0.25) is 0 Å². The topological polar surface area (TPSA) is 46.3 Å². The fourth-order valence-electron chi connectivity index (χ4n) is 2.06. The zero-order valence-corrected chi connectivity index (χ0v) is 11.6. The minimum atomic E-state index is -0.466. The van der Waals surface area contributed by atoms with Gasteiger partial charge in [-0.3, -0.25) is 4.79 Å². The zero-order chi connectivity index (χ0) is 14.7. The van der Waals surface area contributed by atoms with Crippen molar-refractivity contribution in [2.75, 3.05) is 17.2 Å². The van der Waals surface area contributed by atoms with Crippen molar-refractivity contribution in [2.45, 2.75) is 13.8 Å². The number of nitrogens with two attached hydrogens (primary N) is 1. The number of amides is 1. The van der Waals surface area contributed by atoms with E-state index in [1.54, 1.807) is 43.3 Å². The highest BCUT2D eigenvalue weighted by atomic mass is 19.1. The van der Waals surface area contributed by atoms with Gasteiger partial charge in [0, 0.05) is 17.9 Å². The van der Waals surface area contributed by atoms with Crippen LogP contribution in [-0.4, -0.2) is 12.5 Å². The van der Waals surface area contributed by atoms with Gasteiger partial charge in [0.15, 0.2) is 0 Å². The number of anilines is 2. The van der Waals surface area contributed by atoms with E-state index in [0.717, 1.165) is 0 Å². The molecule has 0 aliphatic carbocycles. The third kappa shape index (κ3) is 2.64. The van der Waals surface area contributed by atoms with E-state index in [1.807, 2.05) is 6.92 Å². The fraction of sp³-hybridized carbons (Fsp3) is 0.188. The molecule has 104 valence electrons. The van der Waals surface area contributed by atoms with Gasteiger partial charge in [-0.15, -0.1) is 0 Å². The first kappa shape index (κ1) is 14.1. The zero-order valence-electron chi connectivity index (χ0n) is 11.6. The third-order valence-corrected chi connectivity index (χ3v) is 3.19. The Morgan fingerprint density at radius 3 is 2.45 bits per heavy atom. The van der Waals surface area contributed by atoms with Gasteiger partial charge >= 0.3 is 0 Å². The molecule has 0 unspecified atom stereocenters. The second-order valence-electron chi connectivity index (χ2n) is 4.58. The van der Waals surface area contributed by atoms with Crippen LogP contribution in [0.25, 0.3) is 0 Å². The van der Waals surface area contributed by atoms with Gasteiger partial charge < -0.3 is 10.6 Å². The summed E-state index contributed by atoms with van der Waals surface area (Å²) in [4.78, 5) is 14.0. The maximum absolute atomic E-state index is 14.1. The van der Waals surface area contributed by atoms with Crippen molar-refractivity contribution < 1.29 is 9.18 Å².